The Kier molecular flexibility index (Phi) is 5.05. The molecule has 29 heavy (non-hydrogen) atoms. The van der Waals surface area contributed by atoms with Crippen LogP contribution >= 0.6 is 0 Å². The van der Waals surface area contributed by atoms with Crippen LogP contribution in [-0.2, 0) is 4.79 Å². The lowest BCUT2D eigenvalue weighted by atomic mass is 10.1. The largest absolute Gasteiger partial charge is 0.326 e. The number of nitrogens with zero attached hydrogens (tertiary/aromatic N) is 3. The van der Waals surface area contributed by atoms with Crippen molar-refractivity contribution < 1.29 is 24.2 Å². The van der Waals surface area contributed by atoms with Crippen LogP contribution in [0.2, 0.25) is 0 Å². The van der Waals surface area contributed by atoms with E-state index in [4.69, 9.17) is 0 Å². The molecule has 2 aromatic rings. The number of anilines is 1. The zero-order valence-electron chi connectivity index (χ0n) is 15.1. The fraction of sp³-hybridized carbons (Fsp3) is 0.167. The number of hydrogen-bond acceptors (Lipinski definition) is 7. The van der Waals surface area contributed by atoms with Gasteiger partial charge in [-0.2, -0.15) is 0 Å². The van der Waals surface area contributed by atoms with E-state index >= 15 is 0 Å². The van der Waals surface area contributed by atoms with Gasteiger partial charge in [-0.05, 0) is 18.6 Å². The van der Waals surface area contributed by atoms with Gasteiger partial charge in [-0.15, -0.1) is 0 Å². The highest BCUT2D eigenvalue weighted by Gasteiger charge is 2.40. The molecule has 3 amide bonds. The molecule has 1 aliphatic heterocycles. The standard InChI is InChI=1S/C18H14N4O7/c1-10-5-6-11(21(26)27)9-13(10)19-15(23)7-8-20-17(24)12-3-2-4-14(22(28)29)16(12)18(20)25/h2-6,9H,7-8H2,1H3,(H,19,23). The van der Waals surface area contributed by atoms with Gasteiger partial charge in [0.15, 0.2) is 0 Å². The molecule has 0 spiro atoms. The monoisotopic (exact) mass is 398 g/mol. The van der Waals surface area contributed by atoms with E-state index in [0.29, 0.717) is 5.56 Å². The van der Waals surface area contributed by atoms with E-state index in [1.807, 2.05) is 0 Å². The molecule has 0 saturated carbocycles. The Morgan fingerprint density at radius 2 is 1.79 bits per heavy atom. The van der Waals surface area contributed by atoms with Gasteiger partial charge < -0.3 is 5.32 Å². The third-order valence-electron chi connectivity index (χ3n) is 4.44. The molecule has 0 radical (unpaired) electrons. The van der Waals surface area contributed by atoms with Crippen molar-refractivity contribution in [1.29, 1.82) is 0 Å². The first kappa shape index (κ1) is 19.6. The smallest absolute Gasteiger partial charge is 0.282 e. The number of benzene rings is 2. The van der Waals surface area contributed by atoms with Crippen LogP contribution in [0.15, 0.2) is 36.4 Å². The predicted octanol–water partition coefficient (Wildman–Crippen LogP) is 2.44. The molecule has 1 N–H and O–H groups in total. The maximum atomic E-state index is 12.5. The van der Waals surface area contributed by atoms with Crippen molar-refractivity contribution in [3.8, 4) is 0 Å². The van der Waals surface area contributed by atoms with Crippen molar-refractivity contribution in [2.45, 2.75) is 13.3 Å². The van der Waals surface area contributed by atoms with Crippen molar-refractivity contribution in [2.24, 2.45) is 0 Å². The molecular formula is C18H14N4O7. The second-order valence-electron chi connectivity index (χ2n) is 6.27. The van der Waals surface area contributed by atoms with Gasteiger partial charge in [0.05, 0.1) is 21.1 Å². The summed E-state index contributed by atoms with van der Waals surface area (Å²) in [5.41, 5.74) is -0.211. The van der Waals surface area contributed by atoms with Crippen LogP contribution < -0.4 is 5.32 Å². The van der Waals surface area contributed by atoms with E-state index in [9.17, 15) is 34.6 Å². The normalized spacial score (nSPS) is 12.7. The summed E-state index contributed by atoms with van der Waals surface area (Å²) in [6.45, 7) is 1.37. The fourth-order valence-corrected chi connectivity index (χ4v) is 2.96. The lowest BCUT2D eigenvalue weighted by Crippen LogP contribution is -2.33. The Balaban J connectivity index is 1.72. The Morgan fingerprint density at radius 3 is 2.45 bits per heavy atom. The van der Waals surface area contributed by atoms with Gasteiger partial charge >= 0.3 is 0 Å². The van der Waals surface area contributed by atoms with E-state index < -0.39 is 33.3 Å². The first-order valence-electron chi connectivity index (χ1n) is 8.39. The van der Waals surface area contributed by atoms with Gasteiger partial charge in [-0.3, -0.25) is 39.5 Å². The predicted molar refractivity (Wildman–Crippen MR) is 99.5 cm³/mol. The summed E-state index contributed by atoms with van der Waals surface area (Å²) in [4.78, 5) is 58.5. The van der Waals surface area contributed by atoms with Crippen molar-refractivity contribution in [1.82, 2.24) is 4.90 Å². The second kappa shape index (κ2) is 7.46. The number of nitro groups is 2. The summed E-state index contributed by atoms with van der Waals surface area (Å²) < 4.78 is 0. The molecule has 0 aromatic heterocycles. The molecule has 0 unspecified atom stereocenters. The molecule has 0 atom stereocenters. The van der Waals surface area contributed by atoms with Crippen molar-refractivity contribution in [2.75, 3.05) is 11.9 Å². The third kappa shape index (κ3) is 3.65. The first-order valence-corrected chi connectivity index (χ1v) is 8.39. The zero-order valence-corrected chi connectivity index (χ0v) is 15.1. The lowest BCUT2D eigenvalue weighted by Gasteiger charge is -2.14. The maximum absolute atomic E-state index is 12.5. The van der Waals surface area contributed by atoms with Crippen LogP contribution in [0.5, 0.6) is 0 Å². The number of fused-ring (bicyclic) bond motifs is 1. The summed E-state index contributed by atoms with van der Waals surface area (Å²) in [6.07, 6.45) is -0.276. The minimum absolute atomic E-state index is 0.0841. The molecule has 0 saturated heterocycles. The number of hydrogen-bond donors (Lipinski definition) is 1. The van der Waals surface area contributed by atoms with E-state index in [1.54, 1.807) is 6.92 Å². The van der Waals surface area contributed by atoms with Crippen molar-refractivity contribution in [3.63, 3.8) is 0 Å². The van der Waals surface area contributed by atoms with Gasteiger partial charge in [0.1, 0.15) is 5.56 Å². The summed E-state index contributed by atoms with van der Waals surface area (Å²) >= 11 is 0. The van der Waals surface area contributed by atoms with Crippen molar-refractivity contribution in [3.05, 3.63) is 73.3 Å². The highest BCUT2D eigenvalue weighted by Crippen LogP contribution is 2.30. The SMILES string of the molecule is Cc1ccc([N+](=O)[O-])cc1NC(=O)CCN1C(=O)c2cccc([N+](=O)[O-])c2C1=O. The average Bonchev–Trinajstić information content (AvgIpc) is 2.92. The van der Waals surface area contributed by atoms with E-state index in [2.05, 4.69) is 5.32 Å². The number of rotatable bonds is 6. The molecule has 148 valence electrons. The highest BCUT2D eigenvalue weighted by atomic mass is 16.6. The Bertz CT molecular complexity index is 1080. The van der Waals surface area contributed by atoms with Gasteiger partial charge in [0.2, 0.25) is 5.91 Å². The maximum Gasteiger partial charge on any atom is 0.282 e. The van der Waals surface area contributed by atoms with Crippen LogP contribution in [0.1, 0.15) is 32.7 Å². The molecule has 0 fully saturated rings. The van der Waals surface area contributed by atoms with Gasteiger partial charge in [-0.1, -0.05) is 12.1 Å². The Labute approximate surface area is 163 Å². The van der Waals surface area contributed by atoms with Gasteiger partial charge in [0, 0.05) is 31.2 Å². The molecule has 0 bridgehead atoms. The molecule has 3 rings (SSSR count). The second-order valence-corrected chi connectivity index (χ2v) is 6.27. The fourth-order valence-electron chi connectivity index (χ4n) is 2.96. The highest BCUT2D eigenvalue weighted by molar-refractivity contribution is 6.23. The number of nitro benzene ring substituents is 2. The van der Waals surface area contributed by atoms with Crippen LogP contribution in [-0.4, -0.2) is 39.0 Å². The zero-order chi connectivity index (χ0) is 21.3. The van der Waals surface area contributed by atoms with Crippen molar-refractivity contribution >= 4 is 34.8 Å². The summed E-state index contributed by atoms with van der Waals surface area (Å²) in [5.74, 6) is -2.12. The number of nitrogens with one attached hydrogen (secondary N) is 1. The topological polar surface area (TPSA) is 153 Å². The number of imide groups is 1. The average molecular weight is 398 g/mol. The molecule has 0 aliphatic carbocycles. The van der Waals surface area contributed by atoms with Crippen LogP contribution in [0, 0.1) is 27.2 Å². The molecular weight excluding hydrogens is 384 g/mol. The third-order valence-corrected chi connectivity index (χ3v) is 4.44. The number of carbonyl (C=O) groups excluding carboxylic acids is 3. The summed E-state index contributed by atoms with van der Waals surface area (Å²) in [5, 5.41) is 24.5. The number of amides is 3. The van der Waals surface area contributed by atoms with E-state index in [0.717, 1.165) is 11.0 Å². The molecule has 1 aliphatic rings. The molecule has 11 heteroatoms. The van der Waals surface area contributed by atoms with Crippen LogP contribution in [0.25, 0.3) is 0 Å². The summed E-state index contributed by atoms with van der Waals surface area (Å²) in [6, 6.07) is 7.75. The molecule has 11 nitrogen and oxygen atoms in total. The number of aryl methyl sites for hydroxylation is 1. The number of non-ortho nitro benzene ring substituents is 1. The quantitative estimate of drug-likeness (QED) is 0.445. The summed E-state index contributed by atoms with van der Waals surface area (Å²) in [7, 11) is 0. The van der Waals surface area contributed by atoms with Crippen LogP contribution in [0.3, 0.4) is 0 Å². The van der Waals surface area contributed by atoms with E-state index in [1.165, 1.54) is 30.3 Å². The van der Waals surface area contributed by atoms with E-state index in [-0.39, 0.29) is 35.5 Å². The minimum Gasteiger partial charge on any atom is -0.326 e. The Hall–Kier alpha value is -4.15. The molecule has 1 heterocycles. The van der Waals surface area contributed by atoms with Crippen LogP contribution in [0.4, 0.5) is 17.1 Å². The first-order chi connectivity index (χ1) is 13.7. The lowest BCUT2D eigenvalue weighted by molar-refractivity contribution is -0.385. The molecule has 2 aromatic carbocycles. The number of carbonyl (C=O) groups is 3. The Morgan fingerprint density at radius 1 is 1.07 bits per heavy atom. The minimum atomic E-state index is -0.836. The van der Waals surface area contributed by atoms with Gasteiger partial charge in [0.25, 0.3) is 23.2 Å². The van der Waals surface area contributed by atoms with Gasteiger partial charge in [-0.25, -0.2) is 0 Å².